The van der Waals surface area contributed by atoms with Crippen molar-refractivity contribution in [3.05, 3.63) is 51.4 Å². The minimum Gasteiger partial charge on any atom is -0.352 e. The number of nitrogens with zero attached hydrogens (tertiary/aromatic N) is 4. The van der Waals surface area contributed by atoms with Crippen LogP contribution in [0.2, 0.25) is 0 Å². The number of carbonyl (C=O) groups excluding carboxylic acids is 1. The van der Waals surface area contributed by atoms with Gasteiger partial charge in [-0.25, -0.2) is 0 Å². The maximum Gasteiger partial charge on any atom is 0.324 e. The molecule has 0 unspecified atom stereocenters. The Hall–Kier alpha value is -2.52. The number of nitro groups is 1. The van der Waals surface area contributed by atoms with Gasteiger partial charge in [0.05, 0.1) is 14.5 Å². The monoisotopic (exact) mass is 374 g/mol. The quantitative estimate of drug-likeness (QED) is 0.519. The summed E-state index contributed by atoms with van der Waals surface area (Å²) in [5.74, 6) is 0.834. The van der Waals surface area contributed by atoms with E-state index in [2.05, 4.69) is 21.4 Å². The van der Waals surface area contributed by atoms with Crippen LogP contribution in [0.1, 0.15) is 9.67 Å². The summed E-state index contributed by atoms with van der Waals surface area (Å²) >= 11 is 2.41. The number of carbonyl (C=O) groups is 1. The van der Waals surface area contributed by atoms with Crippen LogP contribution in [0.25, 0.3) is 10.1 Å². The van der Waals surface area contributed by atoms with Gasteiger partial charge in [-0.2, -0.15) is 4.37 Å². The van der Waals surface area contributed by atoms with E-state index < -0.39 is 4.92 Å². The molecule has 0 spiro atoms. The normalized spacial score (nSPS) is 14.9. The van der Waals surface area contributed by atoms with E-state index in [1.165, 1.54) is 23.7 Å². The van der Waals surface area contributed by atoms with Gasteiger partial charge in [-0.15, -0.1) is 0 Å². The second kappa shape index (κ2) is 6.41. The van der Waals surface area contributed by atoms with Crippen molar-refractivity contribution < 1.29 is 9.72 Å². The van der Waals surface area contributed by atoms with E-state index in [0.29, 0.717) is 31.1 Å². The lowest BCUT2D eigenvalue weighted by Crippen LogP contribution is -2.48. The van der Waals surface area contributed by atoms with E-state index >= 15 is 0 Å². The molecule has 0 radical (unpaired) electrons. The van der Waals surface area contributed by atoms with Crippen LogP contribution in [0.3, 0.4) is 0 Å². The standard InChI is InChI=1S/C16H14N4O3S2/c21-16(13-5-6-14(24-13)20(22)23)19-9-7-18(8-10-19)15-11-3-1-2-4-12(11)25-17-15/h1-6H,7-10H2. The van der Waals surface area contributed by atoms with E-state index in [9.17, 15) is 14.9 Å². The number of rotatable bonds is 3. The molecule has 4 rings (SSSR count). The van der Waals surface area contributed by atoms with E-state index in [1.807, 2.05) is 12.1 Å². The fraction of sp³-hybridized carbons (Fsp3) is 0.250. The van der Waals surface area contributed by atoms with Gasteiger partial charge in [0.1, 0.15) is 5.82 Å². The number of benzene rings is 1. The molecule has 1 saturated heterocycles. The third-order valence-electron chi connectivity index (χ3n) is 4.21. The molecule has 3 aromatic rings. The van der Waals surface area contributed by atoms with Gasteiger partial charge >= 0.3 is 5.00 Å². The molecule has 1 amide bonds. The Kier molecular flexibility index (Phi) is 4.10. The van der Waals surface area contributed by atoms with Crippen LogP contribution in [0, 0.1) is 10.1 Å². The zero-order valence-electron chi connectivity index (χ0n) is 13.1. The first kappa shape index (κ1) is 16.0. The van der Waals surface area contributed by atoms with E-state index in [0.717, 1.165) is 27.2 Å². The molecule has 128 valence electrons. The zero-order valence-corrected chi connectivity index (χ0v) is 14.8. The van der Waals surface area contributed by atoms with Crippen molar-refractivity contribution in [1.29, 1.82) is 0 Å². The van der Waals surface area contributed by atoms with Crippen LogP contribution in [-0.4, -0.2) is 46.3 Å². The van der Waals surface area contributed by atoms with Crippen LogP contribution in [-0.2, 0) is 0 Å². The van der Waals surface area contributed by atoms with Gasteiger partial charge in [0, 0.05) is 37.6 Å². The highest BCUT2D eigenvalue weighted by Gasteiger charge is 2.26. The third kappa shape index (κ3) is 2.96. The molecular formula is C16H14N4O3S2. The highest BCUT2D eigenvalue weighted by Crippen LogP contribution is 2.30. The molecule has 1 aliphatic rings. The molecule has 7 nitrogen and oxygen atoms in total. The number of piperazine rings is 1. The molecule has 0 atom stereocenters. The lowest BCUT2D eigenvalue weighted by molar-refractivity contribution is -0.380. The first-order valence-electron chi connectivity index (χ1n) is 7.76. The second-order valence-electron chi connectivity index (χ2n) is 5.68. The summed E-state index contributed by atoms with van der Waals surface area (Å²) in [6.07, 6.45) is 0. The summed E-state index contributed by atoms with van der Waals surface area (Å²) in [6, 6.07) is 11.0. The van der Waals surface area contributed by atoms with Gasteiger partial charge in [0.25, 0.3) is 5.91 Å². The van der Waals surface area contributed by atoms with Gasteiger partial charge in [0.2, 0.25) is 0 Å². The molecule has 3 heterocycles. The maximum absolute atomic E-state index is 12.5. The molecule has 9 heteroatoms. The molecule has 1 aliphatic heterocycles. The van der Waals surface area contributed by atoms with Crippen molar-refractivity contribution in [3.63, 3.8) is 0 Å². The summed E-state index contributed by atoms with van der Waals surface area (Å²) in [4.78, 5) is 27.2. The largest absolute Gasteiger partial charge is 0.352 e. The van der Waals surface area contributed by atoms with Crippen LogP contribution in [0.15, 0.2) is 36.4 Å². The molecular weight excluding hydrogens is 360 g/mol. The van der Waals surface area contributed by atoms with Crippen molar-refractivity contribution in [1.82, 2.24) is 9.27 Å². The maximum atomic E-state index is 12.5. The molecule has 1 aromatic carbocycles. The topological polar surface area (TPSA) is 79.6 Å². The van der Waals surface area contributed by atoms with Crippen molar-refractivity contribution in [2.75, 3.05) is 31.1 Å². The summed E-state index contributed by atoms with van der Waals surface area (Å²) in [7, 11) is 0. The van der Waals surface area contributed by atoms with Crippen molar-refractivity contribution in [2.45, 2.75) is 0 Å². The Morgan fingerprint density at radius 1 is 1.12 bits per heavy atom. The smallest absolute Gasteiger partial charge is 0.324 e. The number of fused-ring (bicyclic) bond motifs is 1. The van der Waals surface area contributed by atoms with Gasteiger partial charge in [-0.1, -0.05) is 23.5 Å². The van der Waals surface area contributed by atoms with Gasteiger partial charge in [-0.05, 0) is 29.7 Å². The van der Waals surface area contributed by atoms with E-state index in [4.69, 9.17) is 0 Å². The lowest BCUT2D eigenvalue weighted by atomic mass is 10.2. The zero-order chi connectivity index (χ0) is 17.4. The third-order valence-corrected chi connectivity index (χ3v) is 6.05. The Labute approximate surface area is 151 Å². The highest BCUT2D eigenvalue weighted by atomic mass is 32.1. The number of anilines is 1. The first-order valence-corrected chi connectivity index (χ1v) is 9.35. The fourth-order valence-electron chi connectivity index (χ4n) is 2.92. The van der Waals surface area contributed by atoms with Crippen LogP contribution >= 0.6 is 22.9 Å². The lowest BCUT2D eigenvalue weighted by Gasteiger charge is -2.34. The summed E-state index contributed by atoms with van der Waals surface area (Å²) in [6.45, 7) is 2.56. The Morgan fingerprint density at radius 3 is 2.60 bits per heavy atom. The van der Waals surface area contributed by atoms with Crippen molar-refractivity contribution in [2.24, 2.45) is 0 Å². The average molecular weight is 374 g/mol. The SMILES string of the molecule is O=C(c1ccc([N+](=O)[O-])s1)N1CCN(c2nsc3ccccc23)CC1. The molecule has 0 N–H and O–H groups in total. The van der Waals surface area contributed by atoms with Gasteiger partial charge < -0.3 is 9.80 Å². The van der Waals surface area contributed by atoms with E-state index in [-0.39, 0.29) is 10.9 Å². The summed E-state index contributed by atoms with van der Waals surface area (Å²) in [5, 5.41) is 11.9. The molecule has 25 heavy (non-hydrogen) atoms. The minimum atomic E-state index is -0.466. The highest BCUT2D eigenvalue weighted by molar-refractivity contribution is 7.17. The predicted octanol–water partition coefficient (Wildman–Crippen LogP) is 3.23. The molecule has 0 aliphatic carbocycles. The molecule has 0 saturated carbocycles. The average Bonchev–Trinajstić information content (AvgIpc) is 3.29. The Morgan fingerprint density at radius 2 is 1.88 bits per heavy atom. The Bertz CT molecular complexity index is 944. The number of hydrogen-bond acceptors (Lipinski definition) is 7. The van der Waals surface area contributed by atoms with Crippen LogP contribution in [0.5, 0.6) is 0 Å². The summed E-state index contributed by atoms with van der Waals surface area (Å²) in [5.41, 5.74) is 0. The van der Waals surface area contributed by atoms with Crippen molar-refractivity contribution in [3.8, 4) is 0 Å². The number of amides is 1. The van der Waals surface area contributed by atoms with E-state index in [1.54, 1.807) is 4.90 Å². The van der Waals surface area contributed by atoms with Crippen LogP contribution in [0.4, 0.5) is 10.8 Å². The number of thiophene rings is 1. The van der Waals surface area contributed by atoms with Crippen LogP contribution < -0.4 is 4.90 Å². The number of aromatic nitrogens is 1. The van der Waals surface area contributed by atoms with Gasteiger partial charge in [-0.3, -0.25) is 14.9 Å². The predicted molar refractivity (Wildman–Crippen MR) is 98.7 cm³/mol. The summed E-state index contributed by atoms with van der Waals surface area (Å²) < 4.78 is 5.72. The van der Waals surface area contributed by atoms with Gasteiger partial charge in [0.15, 0.2) is 0 Å². The molecule has 1 fully saturated rings. The Balaban J connectivity index is 1.45. The first-order chi connectivity index (χ1) is 12.1. The molecule has 0 bridgehead atoms. The van der Waals surface area contributed by atoms with Crippen molar-refractivity contribution >= 4 is 49.7 Å². The second-order valence-corrected chi connectivity index (χ2v) is 7.54. The molecule has 2 aromatic heterocycles. The number of hydrogen-bond donors (Lipinski definition) is 0. The minimum absolute atomic E-state index is 0.00377. The fourth-order valence-corrected chi connectivity index (χ4v) is 4.50.